The summed E-state index contributed by atoms with van der Waals surface area (Å²) in [5, 5.41) is 2.90. The van der Waals surface area contributed by atoms with Gasteiger partial charge < -0.3 is 5.32 Å². The van der Waals surface area contributed by atoms with Crippen LogP contribution in [0.2, 0.25) is 0 Å². The summed E-state index contributed by atoms with van der Waals surface area (Å²) in [7, 11) is 0. The van der Waals surface area contributed by atoms with E-state index in [0.717, 1.165) is 5.69 Å². The fraction of sp³-hybridized carbons (Fsp3) is 0. The number of anilines is 1. The number of nitrogens with one attached hydrogen (secondary N) is 2. The van der Waals surface area contributed by atoms with Gasteiger partial charge in [-0.3, -0.25) is 5.43 Å². The van der Waals surface area contributed by atoms with Gasteiger partial charge in [0.05, 0.1) is 10.2 Å². The van der Waals surface area contributed by atoms with E-state index in [9.17, 15) is 4.39 Å². The highest BCUT2D eigenvalue weighted by molar-refractivity contribution is 9.10. The minimum absolute atomic E-state index is 0.327. The van der Waals surface area contributed by atoms with Crippen LogP contribution in [0, 0.1) is 5.82 Å². The van der Waals surface area contributed by atoms with Crippen LogP contribution in [0.5, 0.6) is 0 Å². The lowest BCUT2D eigenvalue weighted by Crippen LogP contribution is -2.36. The number of para-hydroxylation sites is 1. The van der Waals surface area contributed by atoms with Crippen LogP contribution in [0.25, 0.3) is 0 Å². The summed E-state index contributed by atoms with van der Waals surface area (Å²) < 4.78 is 13.8. The predicted molar refractivity (Wildman–Crippen MR) is 78.6 cm³/mol. The maximum absolute atomic E-state index is 13.4. The quantitative estimate of drug-likeness (QED) is 0.344. The highest BCUT2D eigenvalue weighted by atomic mass is 79.9. The molecule has 0 aliphatic heterocycles. The Morgan fingerprint density at radius 1 is 1.16 bits per heavy atom. The van der Waals surface area contributed by atoms with Crippen LogP contribution >= 0.6 is 15.9 Å². The number of halogens is 2. The van der Waals surface area contributed by atoms with Crippen molar-refractivity contribution in [1.82, 2.24) is 5.43 Å². The number of nitrogens with two attached hydrogens (primary N) is 1. The zero-order chi connectivity index (χ0) is 13.7. The minimum Gasteiger partial charge on any atom is -0.325 e. The first kappa shape index (κ1) is 13.5. The van der Waals surface area contributed by atoms with Gasteiger partial charge in [-0.15, -0.1) is 0 Å². The summed E-state index contributed by atoms with van der Waals surface area (Å²) in [6, 6.07) is 14.0. The molecular weight excluding hydrogens is 311 g/mol. The Balaban J connectivity index is 2.19. The van der Waals surface area contributed by atoms with Crippen LogP contribution in [-0.4, -0.2) is 5.96 Å². The number of aliphatic imine (C=N–C) groups is 1. The molecular formula is C13H12BrFN4. The summed E-state index contributed by atoms with van der Waals surface area (Å²) in [5.41, 5.74) is 3.72. The van der Waals surface area contributed by atoms with Gasteiger partial charge in [0.15, 0.2) is 0 Å². The van der Waals surface area contributed by atoms with Gasteiger partial charge in [0.25, 0.3) is 0 Å². The van der Waals surface area contributed by atoms with E-state index in [1.807, 2.05) is 30.3 Å². The van der Waals surface area contributed by atoms with Gasteiger partial charge in [-0.25, -0.2) is 15.2 Å². The molecule has 0 heterocycles. The van der Waals surface area contributed by atoms with E-state index >= 15 is 0 Å². The highest BCUT2D eigenvalue weighted by Gasteiger charge is 2.03. The number of hydrogen-bond acceptors (Lipinski definition) is 2. The van der Waals surface area contributed by atoms with Crippen molar-refractivity contribution in [3.05, 3.63) is 58.8 Å². The Labute approximate surface area is 118 Å². The van der Waals surface area contributed by atoms with Crippen molar-refractivity contribution in [2.24, 2.45) is 10.8 Å². The fourth-order valence-corrected chi connectivity index (χ4v) is 1.69. The molecule has 0 radical (unpaired) electrons. The maximum Gasteiger partial charge on any atom is 0.215 e. The number of guanidine groups is 1. The number of hydrazine groups is 1. The van der Waals surface area contributed by atoms with E-state index in [4.69, 9.17) is 5.84 Å². The van der Waals surface area contributed by atoms with Crippen LogP contribution in [0.15, 0.2) is 58.0 Å². The molecule has 0 bridgehead atoms. The smallest absolute Gasteiger partial charge is 0.215 e. The Bertz CT molecular complexity index is 586. The minimum atomic E-state index is -0.360. The summed E-state index contributed by atoms with van der Waals surface area (Å²) in [6.07, 6.45) is 0. The molecule has 0 atom stereocenters. The molecule has 0 amide bonds. The molecule has 2 rings (SSSR count). The van der Waals surface area contributed by atoms with Gasteiger partial charge in [0.2, 0.25) is 5.96 Å². The Hall–Kier alpha value is -1.92. The summed E-state index contributed by atoms with van der Waals surface area (Å²) >= 11 is 3.09. The van der Waals surface area contributed by atoms with E-state index in [2.05, 4.69) is 31.7 Å². The number of benzene rings is 2. The van der Waals surface area contributed by atoms with E-state index in [1.54, 1.807) is 12.1 Å². The van der Waals surface area contributed by atoms with E-state index in [0.29, 0.717) is 16.1 Å². The molecule has 0 aliphatic carbocycles. The third-order valence-corrected chi connectivity index (χ3v) is 2.96. The predicted octanol–water partition coefficient (Wildman–Crippen LogP) is 3.15. The van der Waals surface area contributed by atoms with Crippen LogP contribution in [0.4, 0.5) is 15.8 Å². The third kappa shape index (κ3) is 3.77. The largest absolute Gasteiger partial charge is 0.325 e. The average molecular weight is 323 g/mol. The SMILES string of the molecule is NNC(=Nc1ccccc1)Nc1ccc(Br)c(F)c1. The molecule has 0 saturated carbocycles. The Kier molecular flexibility index (Phi) is 4.48. The number of hydrogen-bond donors (Lipinski definition) is 3. The molecule has 0 unspecified atom stereocenters. The zero-order valence-corrected chi connectivity index (χ0v) is 11.5. The molecule has 0 spiro atoms. The molecule has 4 nitrogen and oxygen atoms in total. The molecule has 0 saturated heterocycles. The van der Waals surface area contributed by atoms with E-state index in [-0.39, 0.29) is 5.82 Å². The van der Waals surface area contributed by atoms with Crippen LogP contribution in [0.3, 0.4) is 0 Å². The van der Waals surface area contributed by atoms with Crippen molar-refractivity contribution in [3.63, 3.8) is 0 Å². The summed E-state index contributed by atoms with van der Waals surface area (Å²) in [6.45, 7) is 0. The van der Waals surface area contributed by atoms with Crippen LogP contribution in [0.1, 0.15) is 0 Å². The lowest BCUT2D eigenvalue weighted by Gasteiger charge is -2.09. The Morgan fingerprint density at radius 3 is 2.53 bits per heavy atom. The van der Waals surface area contributed by atoms with E-state index in [1.165, 1.54) is 6.07 Å². The van der Waals surface area contributed by atoms with Crippen molar-refractivity contribution in [3.8, 4) is 0 Å². The van der Waals surface area contributed by atoms with E-state index < -0.39 is 0 Å². The number of nitrogens with zero attached hydrogens (tertiary/aromatic N) is 1. The first-order valence-electron chi connectivity index (χ1n) is 5.51. The zero-order valence-electron chi connectivity index (χ0n) is 9.90. The first-order valence-corrected chi connectivity index (χ1v) is 6.31. The van der Waals surface area contributed by atoms with Crippen molar-refractivity contribution >= 4 is 33.3 Å². The van der Waals surface area contributed by atoms with Crippen molar-refractivity contribution in [2.45, 2.75) is 0 Å². The van der Waals surface area contributed by atoms with Crippen LogP contribution in [-0.2, 0) is 0 Å². The second-order valence-corrected chi connectivity index (χ2v) is 4.55. The molecule has 6 heteroatoms. The summed E-state index contributed by atoms with van der Waals surface area (Å²) in [4.78, 5) is 4.26. The van der Waals surface area contributed by atoms with Gasteiger partial charge in [-0.1, -0.05) is 18.2 Å². The maximum atomic E-state index is 13.4. The van der Waals surface area contributed by atoms with Crippen molar-refractivity contribution in [1.29, 1.82) is 0 Å². The lowest BCUT2D eigenvalue weighted by molar-refractivity contribution is 0.622. The molecule has 0 aliphatic rings. The molecule has 2 aromatic carbocycles. The van der Waals surface area contributed by atoms with Crippen molar-refractivity contribution < 1.29 is 4.39 Å². The second kappa shape index (κ2) is 6.31. The van der Waals surface area contributed by atoms with Gasteiger partial charge in [0.1, 0.15) is 5.82 Å². The first-order chi connectivity index (χ1) is 9.19. The fourth-order valence-electron chi connectivity index (χ4n) is 1.44. The monoisotopic (exact) mass is 322 g/mol. The molecule has 19 heavy (non-hydrogen) atoms. The lowest BCUT2D eigenvalue weighted by atomic mass is 10.3. The molecule has 0 fully saturated rings. The standard InChI is InChI=1S/C13H12BrFN4/c14-11-7-6-10(8-12(11)15)18-13(19-16)17-9-4-2-1-3-5-9/h1-8H,16H2,(H2,17,18,19). The molecule has 2 aromatic rings. The summed E-state index contributed by atoms with van der Waals surface area (Å²) in [5.74, 6) is 5.36. The molecule has 98 valence electrons. The van der Waals surface area contributed by atoms with Crippen LogP contribution < -0.4 is 16.6 Å². The molecule has 4 N–H and O–H groups in total. The third-order valence-electron chi connectivity index (χ3n) is 2.32. The van der Waals surface area contributed by atoms with Gasteiger partial charge >= 0.3 is 0 Å². The van der Waals surface area contributed by atoms with Crippen molar-refractivity contribution in [2.75, 3.05) is 5.32 Å². The van der Waals surface area contributed by atoms with Gasteiger partial charge in [0, 0.05) is 5.69 Å². The normalized spacial score (nSPS) is 11.2. The number of rotatable bonds is 2. The molecule has 0 aromatic heterocycles. The van der Waals surface area contributed by atoms with Gasteiger partial charge in [-0.2, -0.15) is 0 Å². The second-order valence-electron chi connectivity index (χ2n) is 3.69. The topological polar surface area (TPSA) is 62.4 Å². The average Bonchev–Trinajstić information content (AvgIpc) is 2.43. The van der Waals surface area contributed by atoms with Gasteiger partial charge in [-0.05, 0) is 46.3 Å². The highest BCUT2D eigenvalue weighted by Crippen LogP contribution is 2.19. The Morgan fingerprint density at radius 2 is 1.89 bits per heavy atom.